The molecule has 0 saturated carbocycles. The van der Waals surface area contributed by atoms with E-state index >= 15 is 0 Å². The summed E-state index contributed by atoms with van der Waals surface area (Å²) in [6.07, 6.45) is 1.79. The van der Waals surface area contributed by atoms with Gasteiger partial charge < -0.3 is 9.67 Å². The van der Waals surface area contributed by atoms with E-state index in [0.717, 1.165) is 16.9 Å². The lowest BCUT2D eigenvalue weighted by molar-refractivity contribution is 0.271. The van der Waals surface area contributed by atoms with Gasteiger partial charge >= 0.3 is 0 Å². The van der Waals surface area contributed by atoms with E-state index in [0.29, 0.717) is 11.9 Å². The van der Waals surface area contributed by atoms with E-state index in [4.69, 9.17) is 0 Å². The SMILES string of the molecule is CC(C)c1nc(CO)nc2c1ncn2C(C)C. The van der Waals surface area contributed by atoms with Crippen molar-refractivity contribution in [3.05, 3.63) is 17.8 Å². The van der Waals surface area contributed by atoms with Crippen molar-refractivity contribution in [2.75, 3.05) is 0 Å². The van der Waals surface area contributed by atoms with Crippen molar-refractivity contribution in [1.82, 2.24) is 19.5 Å². The largest absolute Gasteiger partial charge is 0.388 e. The lowest BCUT2D eigenvalue weighted by Gasteiger charge is -2.10. The first kappa shape index (κ1) is 12.0. The van der Waals surface area contributed by atoms with Crippen LogP contribution in [0.4, 0.5) is 0 Å². The van der Waals surface area contributed by atoms with Gasteiger partial charge in [0.1, 0.15) is 12.1 Å². The molecule has 5 nitrogen and oxygen atoms in total. The van der Waals surface area contributed by atoms with Gasteiger partial charge in [0.25, 0.3) is 0 Å². The maximum Gasteiger partial charge on any atom is 0.164 e. The molecule has 2 aromatic rings. The Morgan fingerprint density at radius 2 is 1.94 bits per heavy atom. The summed E-state index contributed by atoms with van der Waals surface area (Å²) >= 11 is 0. The Labute approximate surface area is 101 Å². The van der Waals surface area contributed by atoms with E-state index in [9.17, 15) is 5.11 Å². The Morgan fingerprint density at radius 1 is 1.24 bits per heavy atom. The first-order valence-electron chi connectivity index (χ1n) is 5.88. The van der Waals surface area contributed by atoms with Crippen molar-refractivity contribution in [2.45, 2.75) is 46.3 Å². The van der Waals surface area contributed by atoms with Crippen molar-refractivity contribution >= 4 is 11.2 Å². The molecule has 0 amide bonds. The quantitative estimate of drug-likeness (QED) is 0.882. The third-order valence-corrected chi connectivity index (χ3v) is 2.74. The zero-order chi connectivity index (χ0) is 12.6. The van der Waals surface area contributed by atoms with Gasteiger partial charge in [-0.05, 0) is 19.8 Å². The van der Waals surface area contributed by atoms with E-state index in [2.05, 4.69) is 42.6 Å². The van der Waals surface area contributed by atoms with Crippen LogP contribution >= 0.6 is 0 Å². The molecular weight excluding hydrogens is 216 g/mol. The average molecular weight is 234 g/mol. The molecule has 0 bridgehead atoms. The Bertz CT molecular complexity index is 531. The van der Waals surface area contributed by atoms with E-state index in [-0.39, 0.29) is 12.5 Å². The summed E-state index contributed by atoms with van der Waals surface area (Å²) in [6, 6.07) is 0.293. The van der Waals surface area contributed by atoms with Crippen LogP contribution in [0.1, 0.15) is 51.2 Å². The molecule has 2 rings (SSSR count). The molecule has 2 aromatic heterocycles. The Balaban J connectivity index is 2.74. The molecule has 0 atom stereocenters. The first-order valence-corrected chi connectivity index (χ1v) is 5.88. The van der Waals surface area contributed by atoms with Gasteiger partial charge in [-0.25, -0.2) is 15.0 Å². The van der Waals surface area contributed by atoms with Crippen molar-refractivity contribution in [2.24, 2.45) is 0 Å². The minimum absolute atomic E-state index is 0.140. The average Bonchev–Trinajstić information content (AvgIpc) is 2.70. The number of aliphatic hydroxyl groups excluding tert-OH is 1. The number of aromatic nitrogens is 4. The second kappa shape index (κ2) is 4.41. The zero-order valence-electron chi connectivity index (χ0n) is 10.7. The van der Waals surface area contributed by atoms with Crippen molar-refractivity contribution < 1.29 is 5.11 Å². The molecule has 0 aliphatic carbocycles. The summed E-state index contributed by atoms with van der Waals surface area (Å²) in [5.74, 6) is 0.727. The second-order valence-electron chi connectivity index (χ2n) is 4.76. The summed E-state index contributed by atoms with van der Waals surface area (Å²) < 4.78 is 2.00. The molecule has 17 heavy (non-hydrogen) atoms. The lowest BCUT2D eigenvalue weighted by Crippen LogP contribution is -2.06. The van der Waals surface area contributed by atoms with Crippen LogP contribution in [-0.2, 0) is 6.61 Å². The van der Waals surface area contributed by atoms with Crippen LogP contribution < -0.4 is 0 Å². The standard InChI is InChI=1S/C12H18N4O/c1-7(2)10-11-12(15-9(5-17)14-10)16(6-13-11)8(3)4/h6-8,17H,5H2,1-4H3. The van der Waals surface area contributed by atoms with Crippen LogP contribution in [0.15, 0.2) is 6.33 Å². The van der Waals surface area contributed by atoms with Crippen molar-refractivity contribution in [3.63, 3.8) is 0 Å². The third kappa shape index (κ3) is 2.02. The Morgan fingerprint density at radius 3 is 2.47 bits per heavy atom. The monoisotopic (exact) mass is 234 g/mol. The van der Waals surface area contributed by atoms with E-state index in [1.807, 2.05) is 4.57 Å². The highest BCUT2D eigenvalue weighted by atomic mass is 16.3. The van der Waals surface area contributed by atoms with Gasteiger partial charge in [-0.2, -0.15) is 0 Å². The number of imidazole rings is 1. The maximum atomic E-state index is 9.22. The molecule has 0 fully saturated rings. The Kier molecular flexibility index (Phi) is 3.11. The molecule has 0 saturated heterocycles. The van der Waals surface area contributed by atoms with Crippen LogP contribution in [0.2, 0.25) is 0 Å². The molecule has 0 aliphatic rings. The highest BCUT2D eigenvalue weighted by molar-refractivity contribution is 5.74. The predicted molar refractivity (Wildman–Crippen MR) is 65.7 cm³/mol. The summed E-state index contributed by atoms with van der Waals surface area (Å²) in [5, 5.41) is 9.22. The van der Waals surface area contributed by atoms with Gasteiger partial charge in [-0.1, -0.05) is 13.8 Å². The minimum atomic E-state index is -0.140. The van der Waals surface area contributed by atoms with E-state index < -0.39 is 0 Å². The van der Waals surface area contributed by atoms with Crippen LogP contribution in [0.25, 0.3) is 11.2 Å². The normalized spacial score (nSPS) is 11.9. The van der Waals surface area contributed by atoms with Gasteiger partial charge in [0, 0.05) is 6.04 Å². The molecule has 2 heterocycles. The molecular formula is C12H18N4O. The van der Waals surface area contributed by atoms with Gasteiger partial charge in [-0.15, -0.1) is 0 Å². The van der Waals surface area contributed by atoms with E-state index in [1.165, 1.54) is 0 Å². The van der Waals surface area contributed by atoms with Crippen LogP contribution in [0, 0.1) is 0 Å². The highest BCUT2D eigenvalue weighted by Crippen LogP contribution is 2.23. The van der Waals surface area contributed by atoms with Crippen LogP contribution in [-0.4, -0.2) is 24.6 Å². The fraction of sp³-hybridized carbons (Fsp3) is 0.583. The smallest absolute Gasteiger partial charge is 0.164 e. The Hall–Kier alpha value is -1.49. The summed E-state index contributed by atoms with van der Waals surface area (Å²) in [6.45, 7) is 8.15. The molecule has 1 N–H and O–H groups in total. The molecule has 0 unspecified atom stereocenters. The minimum Gasteiger partial charge on any atom is -0.388 e. The number of aliphatic hydroxyl groups is 1. The van der Waals surface area contributed by atoms with Gasteiger partial charge in [0.15, 0.2) is 11.5 Å². The fourth-order valence-electron chi connectivity index (χ4n) is 1.84. The topological polar surface area (TPSA) is 63.8 Å². The predicted octanol–water partition coefficient (Wildman–Crippen LogP) is 2.02. The summed E-state index contributed by atoms with van der Waals surface area (Å²) in [5.41, 5.74) is 2.55. The van der Waals surface area contributed by atoms with Gasteiger partial charge in [0.2, 0.25) is 0 Å². The number of nitrogens with zero attached hydrogens (tertiary/aromatic N) is 4. The lowest BCUT2D eigenvalue weighted by atomic mass is 10.1. The molecule has 0 aliphatic heterocycles. The van der Waals surface area contributed by atoms with Crippen LogP contribution in [0.3, 0.4) is 0 Å². The number of hydrogen-bond acceptors (Lipinski definition) is 4. The van der Waals surface area contributed by atoms with Crippen molar-refractivity contribution in [1.29, 1.82) is 0 Å². The number of rotatable bonds is 3. The maximum absolute atomic E-state index is 9.22. The first-order chi connectivity index (χ1) is 8.04. The van der Waals surface area contributed by atoms with Crippen LogP contribution in [0.5, 0.6) is 0 Å². The molecule has 0 aromatic carbocycles. The number of fused-ring (bicyclic) bond motifs is 1. The number of hydrogen-bond donors (Lipinski definition) is 1. The second-order valence-corrected chi connectivity index (χ2v) is 4.76. The highest BCUT2D eigenvalue weighted by Gasteiger charge is 2.16. The van der Waals surface area contributed by atoms with Crippen molar-refractivity contribution in [3.8, 4) is 0 Å². The summed E-state index contributed by atoms with van der Waals surface area (Å²) in [4.78, 5) is 13.1. The van der Waals surface area contributed by atoms with E-state index in [1.54, 1.807) is 6.33 Å². The molecule has 92 valence electrons. The third-order valence-electron chi connectivity index (χ3n) is 2.74. The fourth-order valence-corrected chi connectivity index (χ4v) is 1.84. The van der Waals surface area contributed by atoms with Gasteiger partial charge in [-0.3, -0.25) is 0 Å². The molecule has 5 heteroatoms. The summed E-state index contributed by atoms with van der Waals surface area (Å²) in [7, 11) is 0. The molecule has 0 radical (unpaired) electrons. The zero-order valence-corrected chi connectivity index (χ0v) is 10.7. The van der Waals surface area contributed by atoms with Gasteiger partial charge in [0.05, 0.1) is 12.0 Å². The molecule has 0 spiro atoms.